The van der Waals surface area contributed by atoms with Gasteiger partial charge >= 0.3 is 0 Å². The number of hydrogen-bond donors (Lipinski definition) is 1. The molecule has 4 nitrogen and oxygen atoms in total. The molecule has 23 heavy (non-hydrogen) atoms. The normalized spacial score (nSPS) is 16.0. The van der Waals surface area contributed by atoms with Gasteiger partial charge in [-0.25, -0.2) is 0 Å². The fourth-order valence-corrected chi connectivity index (χ4v) is 3.32. The van der Waals surface area contributed by atoms with Crippen molar-refractivity contribution < 1.29 is 0 Å². The number of nitrogens with one attached hydrogen (secondary N) is 1. The Kier molecular flexibility index (Phi) is 5.57. The summed E-state index contributed by atoms with van der Waals surface area (Å²) in [5, 5.41) is 8.72. The zero-order valence-corrected chi connectivity index (χ0v) is 14.5. The molecule has 0 spiro atoms. The van der Waals surface area contributed by atoms with Crippen molar-refractivity contribution in [1.29, 1.82) is 0 Å². The van der Waals surface area contributed by atoms with Crippen LogP contribution in [-0.4, -0.2) is 35.5 Å². The number of aryl methyl sites for hydroxylation is 2. The van der Waals surface area contributed by atoms with E-state index in [4.69, 9.17) is 11.6 Å². The molecule has 1 N–H and O–H groups in total. The maximum Gasteiger partial charge on any atom is 0.0521 e. The number of aromatic nitrogens is 2. The SMILES string of the molecule is Cn1cc(CCCNC2CCN(c3ccc(Cl)cc3)CC2)cn1. The molecule has 0 radical (unpaired) electrons. The van der Waals surface area contributed by atoms with Crippen molar-refractivity contribution in [1.82, 2.24) is 15.1 Å². The van der Waals surface area contributed by atoms with Crippen molar-refractivity contribution in [3.8, 4) is 0 Å². The molecule has 5 heteroatoms. The highest BCUT2D eigenvalue weighted by molar-refractivity contribution is 6.30. The van der Waals surface area contributed by atoms with Crippen LogP contribution in [0, 0.1) is 0 Å². The van der Waals surface area contributed by atoms with Gasteiger partial charge in [-0.2, -0.15) is 5.10 Å². The first kappa shape index (κ1) is 16.3. The lowest BCUT2D eigenvalue weighted by atomic mass is 10.0. The van der Waals surface area contributed by atoms with Gasteiger partial charge in [-0.3, -0.25) is 4.68 Å². The Morgan fingerprint density at radius 2 is 1.96 bits per heavy atom. The van der Waals surface area contributed by atoms with Crippen LogP contribution in [-0.2, 0) is 13.5 Å². The Morgan fingerprint density at radius 1 is 1.22 bits per heavy atom. The van der Waals surface area contributed by atoms with Crippen LogP contribution in [0.5, 0.6) is 0 Å². The second-order valence-corrected chi connectivity index (χ2v) is 6.75. The third-order valence-corrected chi connectivity index (χ3v) is 4.77. The Balaban J connectivity index is 1.35. The molecule has 1 aromatic carbocycles. The molecule has 124 valence electrons. The summed E-state index contributed by atoms with van der Waals surface area (Å²) in [5.74, 6) is 0. The lowest BCUT2D eigenvalue weighted by molar-refractivity contribution is 0.413. The van der Waals surface area contributed by atoms with Gasteiger partial charge in [0.05, 0.1) is 6.20 Å². The maximum atomic E-state index is 5.96. The van der Waals surface area contributed by atoms with Gasteiger partial charge in [0.25, 0.3) is 0 Å². The third-order valence-electron chi connectivity index (χ3n) is 4.52. The topological polar surface area (TPSA) is 33.1 Å². The minimum Gasteiger partial charge on any atom is -0.371 e. The van der Waals surface area contributed by atoms with E-state index in [1.54, 1.807) is 0 Å². The van der Waals surface area contributed by atoms with Crippen LogP contribution in [0.1, 0.15) is 24.8 Å². The summed E-state index contributed by atoms with van der Waals surface area (Å²) >= 11 is 5.96. The van der Waals surface area contributed by atoms with Gasteiger partial charge < -0.3 is 10.2 Å². The molecule has 0 bridgehead atoms. The van der Waals surface area contributed by atoms with Gasteiger partial charge in [-0.15, -0.1) is 0 Å². The van der Waals surface area contributed by atoms with E-state index in [1.807, 2.05) is 30.1 Å². The number of rotatable bonds is 6. The number of nitrogens with zero attached hydrogens (tertiary/aromatic N) is 3. The van der Waals surface area contributed by atoms with Crippen LogP contribution in [0.3, 0.4) is 0 Å². The molecule has 1 aliphatic heterocycles. The Labute approximate surface area is 143 Å². The first-order valence-electron chi connectivity index (χ1n) is 8.42. The summed E-state index contributed by atoms with van der Waals surface area (Å²) in [6.07, 6.45) is 8.74. The zero-order chi connectivity index (χ0) is 16.1. The minimum atomic E-state index is 0.646. The van der Waals surface area contributed by atoms with E-state index >= 15 is 0 Å². The van der Waals surface area contributed by atoms with Crippen LogP contribution in [0.2, 0.25) is 5.02 Å². The Hall–Kier alpha value is -1.52. The smallest absolute Gasteiger partial charge is 0.0521 e. The summed E-state index contributed by atoms with van der Waals surface area (Å²) in [4.78, 5) is 2.45. The molecule has 0 aliphatic carbocycles. The maximum absolute atomic E-state index is 5.96. The van der Waals surface area contributed by atoms with Crippen LogP contribution < -0.4 is 10.2 Å². The molecular weight excluding hydrogens is 308 g/mol. The monoisotopic (exact) mass is 332 g/mol. The van der Waals surface area contributed by atoms with Crippen molar-refractivity contribution in [2.24, 2.45) is 7.05 Å². The van der Waals surface area contributed by atoms with Crippen LogP contribution >= 0.6 is 11.6 Å². The van der Waals surface area contributed by atoms with E-state index in [0.29, 0.717) is 6.04 Å². The predicted octanol–water partition coefficient (Wildman–Crippen LogP) is 3.26. The molecule has 0 amide bonds. The van der Waals surface area contributed by atoms with Gasteiger partial charge in [0.2, 0.25) is 0 Å². The number of piperidine rings is 1. The second-order valence-electron chi connectivity index (χ2n) is 6.32. The lowest BCUT2D eigenvalue weighted by Crippen LogP contribution is -2.42. The highest BCUT2D eigenvalue weighted by atomic mass is 35.5. The molecule has 0 saturated carbocycles. The standard InChI is InChI=1S/C18H25ClN4/c1-22-14-15(13-21-22)3-2-10-20-17-8-11-23(12-9-17)18-6-4-16(19)5-7-18/h4-7,13-14,17,20H,2-3,8-12H2,1H3. The molecule has 1 saturated heterocycles. The van der Waals surface area contributed by atoms with Crippen molar-refractivity contribution in [2.75, 3.05) is 24.5 Å². The van der Waals surface area contributed by atoms with Gasteiger partial charge in [0, 0.05) is 43.1 Å². The molecule has 3 rings (SSSR count). The fraction of sp³-hybridized carbons (Fsp3) is 0.500. The summed E-state index contributed by atoms with van der Waals surface area (Å²) < 4.78 is 1.87. The first-order valence-corrected chi connectivity index (χ1v) is 8.80. The average molecular weight is 333 g/mol. The Bertz CT molecular complexity index is 600. The average Bonchev–Trinajstić information content (AvgIpc) is 2.98. The summed E-state index contributed by atoms with van der Waals surface area (Å²) in [5.41, 5.74) is 2.61. The predicted molar refractivity (Wildman–Crippen MR) is 96.2 cm³/mol. The van der Waals surface area contributed by atoms with E-state index in [2.05, 4.69) is 33.6 Å². The minimum absolute atomic E-state index is 0.646. The zero-order valence-electron chi connectivity index (χ0n) is 13.7. The second kappa shape index (κ2) is 7.84. The molecule has 2 aromatic rings. The third kappa shape index (κ3) is 4.72. The fourth-order valence-electron chi connectivity index (χ4n) is 3.19. The molecule has 2 heterocycles. The highest BCUT2D eigenvalue weighted by Gasteiger charge is 2.18. The van der Waals surface area contributed by atoms with E-state index in [1.165, 1.54) is 30.5 Å². The van der Waals surface area contributed by atoms with Crippen molar-refractivity contribution in [3.63, 3.8) is 0 Å². The van der Waals surface area contributed by atoms with Crippen molar-refractivity contribution in [2.45, 2.75) is 31.7 Å². The van der Waals surface area contributed by atoms with Gasteiger partial charge in [0.15, 0.2) is 0 Å². The quantitative estimate of drug-likeness (QED) is 0.824. The molecule has 0 atom stereocenters. The van der Waals surface area contributed by atoms with E-state index in [9.17, 15) is 0 Å². The summed E-state index contributed by atoms with van der Waals surface area (Å²) in [6, 6.07) is 8.82. The highest BCUT2D eigenvalue weighted by Crippen LogP contribution is 2.22. The number of hydrogen-bond acceptors (Lipinski definition) is 3. The van der Waals surface area contributed by atoms with Crippen LogP contribution in [0.25, 0.3) is 0 Å². The first-order chi connectivity index (χ1) is 11.2. The van der Waals surface area contributed by atoms with Crippen molar-refractivity contribution >= 4 is 17.3 Å². The van der Waals surface area contributed by atoms with E-state index in [0.717, 1.165) is 31.1 Å². The Morgan fingerprint density at radius 3 is 2.61 bits per heavy atom. The molecule has 1 fully saturated rings. The molecule has 0 unspecified atom stereocenters. The van der Waals surface area contributed by atoms with Gasteiger partial charge in [-0.1, -0.05) is 11.6 Å². The lowest BCUT2D eigenvalue weighted by Gasteiger charge is -2.34. The molecular formula is C18H25ClN4. The molecule has 1 aromatic heterocycles. The largest absolute Gasteiger partial charge is 0.371 e. The van der Waals surface area contributed by atoms with E-state index in [-0.39, 0.29) is 0 Å². The number of benzene rings is 1. The van der Waals surface area contributed by atoms with Crippen LogP contribution in [0.4, 0.5) is 5.69 Å². The summed E-state index contributed by atoms with van der Waals surface area (Å²) in [6.45, 7) is 3.31. The van der Waals surface area contributed by atoms with E-state index < -0.39 is 0 Å². The van der Waals surface area contributed by atoms with Gasteiger partial charge in [0.1, 0.15) is 0 Å². The number of halogens is 1. The van der Waals surface area contributed by atoms with Gasteiger partial charge in [-0.05, 0) is 62.1 Å². The number of anilines is 1. The summed E-state index contributed by atoms with van der Waals surface area (Å²) in [7, 11) is 1.97. The molecule has 1 aliphatic rings. The van der Waals surface area contributed by atoms with Crippen molar-refractivity contribution in [3.05, 3.63) is 47.2 Å². The van der Waals surface area contributed by atoms with Crippen LogP contribution in [0.15, 0.2) is 36.7 Å².